The minimum atomic E-state index is -4.81. The van der Waals surface area contributed by atoms with Gasteiger partial charge >= 0.3 is 6.36 Å². The maximum atomic E-state index is 13.5. The minimum Gasteiger partial charge on any atom is -0.406 e. The Hall–Kier alpha value is -3.43. The normalized spacial score (nSPS) is 11.9. The molecule has 0 aliphatic carbocycles. The van der Waals surface area contributed by atoms with E-state index < -0.39 is 29.3 Å². The number of H-pyrrole nitrogens is 1. The van der Waals surface area contributed by atoms with E-state index in [0.717, 1.165) is 35.2 Å². The van der Waals surface area contributed by atoms with Gasteiger partial charge in [-0.1, -0.05) is 0 Å². The predicted octanol–water partition coefficient (Wildman–Crippen LogP) is 4.31. The summed E-state index contributed by atoms with van der Waals surface area (Å²) in [6, 6.07) is 7.45. The summed E-state index contributed by atoms with van der Waals surface area (Å²) in [6.45, 7) is 0. The van der Waals surface area contributed by atoms with Crippen molar-refractivity contribution in [3.63, 3.8) is 0 Å². The van der Waals surface area contributed by atoms with Crippen molar-refractivity contribution in [1.29, 1.82) is 0 Å². The second-order valence-electron chi connectivity index (χ2n) is 5.72. The molecule has 1 heterocycles. The highest BCUT2D eigenvalue weighted by atomic mass is 19.4. The number of aromatic amines is 1. The molecule has 0 aliphatic rings. The highest BCUT2D eigenvalue weighted by Crippen LogP contribution is 2.25. The first-order chi connectivity index (χ1) is 13.1. The number of benzene rings is 2. The van der Waals surface area contributed by atoms with Gasteiger partial charge in [-0.05, 0) is 36.4 Å². The van der Waals surface area contributed by atoms with Gasteiger partial charge in [-0.2, -0.15) is 0 Å². The van der Waals surface area contributed by atoms with E-state index in [1.807, 2.05) is 0 Å². The van der Waals surface area contributed by atoms with E-state index in [2.05, 4.69) is 14.8 Å². The van der Waals surface area contributed by atoms with Crippen LogP contribution in [0.5, 0.6) is 5.75 Å². The summed E-state index contributed by atoms with van der Waals surface area (Å²) in [4.78, 5) is 16.3. The SMILES string of the molecule is Cn1[nH]c(-c2cc(F)cc(F)c2)c(C=Nc2ccc(OC(F)(F)F)cc2)c1=O. The van der Waals surface area contributed by atoms with Gasteiger partial charge in [0.1, 0.15) is 17.4 Å². The summed E-state index contributed by atoms with van der Waals surface area (Å²) in [5.74, 6) is -2.05. The van der Waals surface area contributed by atoms with Crippen molar-refractivity contribution in [2.24, 2.45) is 12.0 Å². The number of alkyl halides is 3. The van der Waals surface area contributed by atoms with Crippen LogP contribution >= 0.6 is 0 Å². The second-order valence-corrected chi connectivity index (χ2v) is 5.72. The fourth-order valence-electron chi connectivity index (χ4n) is 2.48. The summed E-state index contributed by atoms with van der Waals surface area (Å²) < 4.78 is 68.4. The molecule has 0 aliphatic heterocycles. The molecule has 5 nitrogen and oxygen atoms in total. The standard InChI is InChI=1S/C18H12F5N3O2/c1-26-17(27)15(16(25-26)10-6-11(19)8-12(20)7-10)9-24-13-2-4-14(5-3-13)28-18(21,22)23/h2-9,25H,1H3. The third kappa shape index (κ3) is 4.45. The Balaban J connectivity index is 1.93. The zero-order valence-corrected chi connectivity index (χ0v) is 14.2. The number of rotatable bonds is 4. The Morgan fingerprint density at radius 1 is 1.07 bits per heavy atom. The second kappa shape index (κ2) is 7.29. The van der Waals surface area contributed by atoms with Crippen molar-refractivity contribution in [3.8, 4) is 17.0 Å². The topological polar surface area (TPSA) is 59.4 Å². The molecule has 0 radical (unpaired) electrons. The Morgan fingerprint density at radius 3 is 2.25 bits per heavy atom. The first-order valence-electron chi connectivity index (χ1n) is 7.78. The van der Waals surface area contributed by atoms with Crippen molar-refractivity contribution in [2.45, 2.75) is 6.36 Å². The first-order valence-corrected chi connectivity index (χ1v) is 7.78. The van der Waals surface area contributed by atoms with E-state index in [9.17, 15) is 26.7 Å². The average molecular weight is 397 g/mol. The number of nitrogens with one attached hydrogen (secondary N) is 1. The van der Waals surface area contributed by atoms with Crippen molar-refractivity contribution >= 4 is 11.9 Å². The molecule has 2 aromatic carbocycles. The number of ether oxygens (including phenoxy) is 1. The lowest BCUT2D eigenvalue weighted by atomic mass is 10.1. The Bertz CT molecular complexity index is 1060. The van der Waals surface area contributed by atoms with Gasteiger partial charge in [-0.3, -0.25) is 19.6 Å². The number of aryl methyl sites for hydroxylation is 1. The van der Waals surface area contributed by atoms with E-state index in [-0.39, 0.29) is 22.5 Å². The van der Waals surface area contributed by atoms with Crippen LogP contribution in [0.15, 0.2) is 52.3 Å². The number of hydrogen-bond acceptors (Lipinski definition) is 3. The minimum absolute atomic E-state index is 0.0307. The Labute approximate surface area is 154 Å². The van der Waals surface area contributed by atoms with Crippen LogP contribution in [0.2, 0.25) is 0 Å². The monoisotopic (exact) mass is 397 g/mol. The summed E-state index contributed by atoms with van der Waals surface area (Å²) in [7, 11) is 1.42. The lowest BCUT2D eigenvalue weighted by Crippen LogP contribution is -2.16. The largest absolute Gasteiger partial charge is 0.573 e. The molecule has 0 amide bonds. The number of hydrogen-bond donors (Lipinski definition) is 1. The molecule has 1 N–H and O–H groups in total. The van der Waals surface area contributed by atoms with E-state index in [0.29, 0.717) is 6.07 Å². The van der Waals surface area contributed by atoms with Crippen molar-refractivity contribution in [2.75, 3.05) is 0 Å². The zero-order valence-electron chi connectivity index (χ0n) is 14.2. The van der Waals surface area contributed by atoms with Crippen molar-refractivity contribution in [1.82, 2.24) is 9.78 Å². The average Bonchev–Trinajstić information content (AvgIpc) is 2.87. The molecule has 28 heavy (non-hydrogen) atoms. The molecule has 1 aromatic heterocycles. The summed E-state index contributed by atoms with van der Waals surface area (Å²) in [6.07, 6.45) is -3.64. The fourth-order valence-corrected chi connectivity index (χ4v) is 2.48. The van der Waals surface area contributed by atoms with Gasteiger partial charge in [0.15, 0.2) is 0 Å². The van der Waals surface area contributed by atoms with Gasteiger partial charge in [0.2, 0.25) is 0 Å². The summed E-state index contributed by atoms with van der Waals surface area (Å²) in [5, 5.41) is 2.69. The van der Waals surface area contributed by atoms with Gasteiger partial charge in [0.25, 0.3) is 5.56 Å². The van der Waals surface area contributed by atoms with Crippen molar-refractivity contribution in [3.05, 3.63) is 70.0 Å². The number of aliphatic imine (C=N–C) groups is 1. The zero-order chi connectivity index (χ0) is 20.5. The van der Waals surface area contributed by atoms with E-state index in [4.69, 9.17) is 0 Å². The van der Waals surface area contributed by atoms with Gasteiger partial charge in [-0.25, -0.2) is 8.78 Å². The molecule has 0 atom stereocenters. The number of nitrogens with zero attached hydrogens (tertiary/aromatic N) is 2. The molecule has 0 unspecified atom stereocenters. The lowest BCUT2D eigenvalue weighted by Gasteiger charge is -2.08. The lowest BCUT2D eigenvalue weighted by molar-refractivity contribution is -0.274. The molecule has 0 saturated carbocycles. The van der Waals surface area contributed by atoms with E-state index in [1.165, 1.54) is 19.2 Å². The molecule has 146 valence electrons. The van der Waals surface area contributed by atoms with Gasteiger partial charge < -0.3 is 4.74 Å². The molecule has 0 spiro atoms. The molecule has 0 fully saturated rings. The maximum Gasteiger partial charge on any atom is 0.573 e. The van der Waals surface area contributed by atoms with E-state index >= 15 is 0 Å². The van der Waals surface area contributed by atoms with Crippen LogP contribution in [-0.2, 0) is 7.05 Å². The van der Waals surface area contributed by atoms with Gasteiger partial charge in [0, 0.05) is 24.9 Å². The van der Waals surface area contributed by atoms with Crippen LogP contribution in [0.4, 0.5) is 27.6 Å². The molecule has 0 bridgehead atoms. The first kappa shape index (κ1) is 19.3. The Kier molecular flexibility index (Phi) is 5.04. The molecular formula is C18H12F5N3O2. The van der Waals surface area contributed by atoms with Crippen LogP contribution in [0.3, 0.4) is 0 Å². The molecule has 3 aromatic rings. The smallest absolute Gasteiger partial charge is 0.406 e. The third-order valence-corrected chi connectivity index (χ3v) is 3.65. The maximum absolute atomic E-state index is 13.5. The number of halogens is 5. The van der Waals surface area contributed by atoms with Gasteiger partial charge in [0.05, 0.1) is 16.9 Å². The highest BCUT2D eigenvalue weighted by molar-refractivity contribution is 5.89. The van der Waals surface area contributed by atoms with Gasteiger partial charge in [-0.15, -0.1) is 13.2 Å². The summed E-state index contributed by atoms with van der Waals surface area (Å²) >= 11 is 0. The quantitative estimate of drug-likeness (QED) is 0.527. The van der Waals surface area contributed by atoms with Crippen LogP contribution < -0.4 is 10.3 Å². The third-order valence-electron chi connectivity index (χ3n) is 3.65. The molecule has 0 saturated heterocycles. The highest BCUT2D eigenvalue weighted by Gasteiger charge is 2.30. The van der Waals surface area contributed by atoms with Crippen LogP contribution in [0.25, 0.3) is 11.3 Å². The summed E-state index contributed by atoms with van der Waals surface area (Å²) in [5.41, 5.74) is 0.0231. The molecule has 10 heteroatoms. The number of aromatic nitrogens is 2. The van der Waals surface area contributed by atoms with E-state index in [1.54, 1.807) is 0 Å². The van der Waals surface area contributed by atoms with Crippen molar-refractivity contribution < 1.29 is 26.7 Å². The Morgan fingerprint density at radius 2 is 1.68 bits per heavy atom. The fraction of sp³-hybridized carbons (Fsp3) is 0.111. The van der Waals surface area contributed by atoms with Crippen LogP contribution in [0, 0.1) is 11.6 Å². The molecule has 3 rings (SSSR count). The predicted molar refractivity (Wildman–Crippen MR) is 91.8 cm³/mol. The van der Waals surface area contributed by atoms with Crippen LogP contribution in [0.1, 0.15) is 5.56 Å². The molecular weight excluding hydrogens is 385 g/mol. The van der Waals surface area contributed by atoms with Crippen LogP contribution in [-0.4, -0.2) is 22.4 Å².